The Labute approximate surface area is 493 Å². The van der Waals surface area contributed by atoms with E-state index in [1.165, 1.54) is 17.4 Å². The number of thiol groups is 2. The highest BCUT2D eigenvalue weighted by Gasteiger charge is 2.39. The molecule has 0 bridgehead atoms. The third kappa shape index (κ3) is 20.0. The molecule has 0 saturated carbocycles. The van der Waals surface area contributed by atoms with Crippen molar-refractivity contribution < 1.29 is 63.0 Å². The molecule has 5 rings (SSSR count). The first-order valence-corrected chi connectivity index (χ1v) is 28.0. The molecule has 29 nitrogen and oxygen atoms in total. The number of H-pyrrole nitrogens is 2. The highest BCUT2D eigenvalue weighted by molar-refractivity contribution is 7.80. The molecule has 9 atom stereocenters. The largest absolute Gasteiger partial charge is 0.481 e. The Balaban J connectivity index is 1.45. The number of nitrogens with one attached hydrogen (secondary N) is 10. The van der Waals surface area contributed by atoms with Gasteiger partial charge in [0.05, 0.1) is 12.9 Å². The van der Waals surface area contributed by atoms with Gasteiger partial charge in [0.1, 0.15) is 54.4 Å². The predicted octanol–water partition coefficient (Wildman–Crippen LogP) is -3.94. The number of rotatable bonds is 33. The number of guanidine groups is 1. The molecular weight excluding hydrogens is 1130 g/mol. The molecular formula is C53H72N16O13S2. The number of likely N-dealkylation sites (tertiary alicyclic amines) is 1. The zero-order valence-corrected chi connectivity index (χ0v) is 47.7. The second-order valence-electron chi connectivity index (χ2n) is 19.7. The zero-order chi connectivity index (χ0) is 61.5. The lowest BCUT2D eigenvalue weighted by Gasteiger charge is -2.29. The maximum atomic E-state index is 14.8. The van der Waals surface area contributed by atoms with Crippen LogP contribution in [0.1, 0.15) is 62.3 Å². The van der Waals surface area contributed by atoms with Crippen LogP contribution in [0.5, 0.6) is 0 Å². The van der Waals surface area contributed by atoms with Crippen LogP contribution in [0, 0.1) is 0 Å². The Hall–Kier alpha value is -8.71. The van der Waals surface area contributed by atoms with E-state index < -0.39 is 139 Å². The Bertz CT molecular complexity index is 2980. The molecule has 0 radical (unpaired) electrons. The van der Waals surface area contributed by atoms with E-state index in [2.05, 4.69) is 87.7 Å². The fourth-order valence-corrected chi connectivity index (χ4v) is 9.69. The number of nitrogens with zero attached hydrogens (tertiary/aromatic N) is 3. The van der Waals surface area contributed by atoms with Gasteiger partial charge in [-0.25, -0.2) is 4.98 Å². The van der Waals surface area contributed by atoms with Crippen LogP contribution in [0.2, 0.25) is 0 Å². The minimum atomic E-state index is -1.56. The van der Waals surface area contributed by atoms with Crippen LogP contribution in [0.25, 0.3) is 10.9 Å². The number of aromatic nitrogens is 3. The number of primary amides is 1. The quantitative estimate of drug-likeness (QED) is 0.00937. The van der Waals surface area contributed by atoms with Crippen LogP contribution in [-0.4, -0.2) is 187 Å². The van der Waals surface area contributed by atoms with E-state index >= 15 is 0 Å². The van der Waals surface area contributed by atoms with E-state index in [0.29, 0.717) is 40.6 Å². The molecule has 18 N–H and O–H groups in total. The number of carbonyl (C=O) groups is 11. The molecule has 84 heavy (non-hydrogen) atoms. The van der Waals surface area contributed by atoms with Gasteiger partial charge >= 0.3 is 5.97 Å². The van der Waals surface area contributed by atoms with Crippen molar-refractivity contribution in [1.82, 2.24) is 62.4 Å². The number of benzene rings is 2. The van der Waals surface area contributed by atoms with Crippen molar-refractivity contribution in [2.45, 2.75) is 119 Å². The molecule has 0 spiro atoms. The Kier molecular flexibility index (Phi) is 25.8. The van der Waals surface area contributed by atoms with Crippen LogP contribution in [0.15, 0.2) is 78.3 Å². The molecule has 4 aromatic rings. The monoisotopic (exact) mass is 1200 g/mol. The normalized spacial score (nSPS) is 15.7. The average molecular weight is 1210 g/mol. The summed E-state index contributed by atoms with van der Waals surface area (Å²) >= 11 is 8.39. The smallest absolute Gasteiger partial charge is 0.303 e. The maximum Gasteiger partial charge on any atom is 0.303 e. The number of carboxylic acids is 1. The second-order valence-corrected chi connectivity index (χ2v) is 20.5. The van der Waals surface area contributed by atoms with Gasteiger partial charge in [-0.1, -0.05) is 48.5 Å². The number of aliphatic hydroxyl groups excluding tert-OH is 1. The molecule has 1 aliphatic heterocycles. The number of aliphatic carboxylic acids is 1. The van der Waals surface area contributed by atoms with Crippen LogP contribution in [-0.2, 0) is 72.0 Å². The molecule has 1 fully saturated rings. The number of aromatic amines is 2. The molecule has 1 aliphatic rings. The predicted molar refractivity (Wildman–Crippen MR) is 311 cm³/mol. The minimum Gasteiger partial charge on any atom is -0.481 e. The van der Waals surface area contributed by atoms with E-state index in [1.54, 1.807) is 60.8 Å². The maximum absolute atomic E-state index is 14.8. The van der Waals surface area contributed by atoms with Crippen LogP contribution < -0.4 is 59.7 Å². The number of hydrogen-bond acceptors (Lipinski definition) is 16. The van der Waals surface area contributed by atoms with Gasteiger partial charge in [0.2, 0.25) is 59.1 Å². The summed E-state index contributed by atoms with van der Waals surface area (Å²) in [6, 6.07) is 2.78. The summed E-state index contributed by atoms with van der Waals surface area (Å²) in [4.78, 5) is 164. The Morgan fingerprint density at radius 1 is 0.667 bits per heavy atom. The van der Waals surface area contributed by atoms with Gasteiger partial charge in [-0.05, 0) is 49.3 Å². The van der Waals surface area contributed by atoms with E-state index in [1.807, 2.05) is 0 Å². The lowest BCUT2D eigenvalue weighted by atomic mass is 10.0. The summed E-state index contributed by atoms with van der Waals surface area (Å²) in [6.07, 6.45) is 3.27. The standard InChI is InChI=1S/C53H72N16O13S2/c1-28(71)61-40(25-83)50(80)63-35(15-16-43(72)73)46(76)66-38(21-31-23-57-27-60-31)49(79)64-36(19-29-9-3-2-4-10-29)47(77)62-34(13-7-17-58-53(55)56)45(75)65-37(20-30-22-59-33-12-6-5-11-32(30)33)48(78)68-41(26-84)51(81)67-39(24-70)52(82)69-18-8-14-42(69)44(54)74/h2-6,9-12,22-23,27,34-42,59,70,83-84H,7-8,13-21,24-26H2,1H3,(H2,54,74)(H,57,60)(H,61,71)(H,62,77)(H,63,80)(H,64,79)(H,65,75)(H,66,76)(H,67,81)(H,68,78)(H,72,73)(H4,55,56,58)/t34-,35-,36+,37-,38-,39-,40-,41-,42-/m0/s1. The number of aliphatic imine (C=N–C) groups is 1. The summed E-state index contributed by atoms with van der Waals surface area (Å²) in [5, 5.41) is 40.9. The van der Waals surface area contributed by atoms with Gasteiger partial charge in [-0.3, -0.25) is 57.7 Å². The summed E-state index contributed by atoms with van der Waals surface area (Å²) in [6.45, 7) is 0.419. The molecule has 1 saturated heterocycles. The number of para-hydroxylation sites is 1. The molecule has 0 aliphatic carbocycles. The first kappa shape index (κ1) is 66.1. The van der Waals surface area contributed by atoms with Crippen molar-refractivity contribution in [1.29, 1.82) is 0 Å². The molecule has 454 valence electrons. The van der Waals surface area contributed by atoms with Crippen LogP contribution in [0.4, 0.5) is 0 Å². The topological polar surface area (TPSA) is 463 Å². The van der Waals surface area contributed by atoms with Gasteiger partial charge < -0.3 is 84.8 Å². The summed E-state index contributed by atoms with van der Waals surface area (Å²) in [7, 11) is 0. The van der Waals surface area contributed by atoms with Crippen molar-refractivity contribution in [3.8, 4) is 0 Å². The van der Waals surface area contributed by atoms with Gasteiger partial charge in [-0.2, -0.15) is 25.3 Å². The number of carboxylic acid groups (broad SMARTS) is 1. The Morgan fingerprint density at radius 3 is 1.75 bits per heavy atom. The number of nitrogens with two attached hydrogens (primary N) is 3. The van der Waals surface area contributed by atoms with Crippen molar-refractivity contribution in [3.63, 3.8) is 0 Å². The lowest BCUT2D eigenvalue weighted by Crippen LogP contribution is -2.61. The Morgan fingerprint density at radius 2 is 1.19 bits per heavy atom. The first-order chi connectivity index (χ1) is 40.1. The first-order valence-electron chi connectivity index (χ1n) is 26.8. The van der Waals surface area contributed by atoms with E-state index in [4.69, 9.17) is 17.2 Å². The SMILES string of the molecule is CC(=O)N[C@@H](CS)C(=O)N[C@@H](CCC(=O)O)C(=O)N[C@@H](Cc1cnc[nH]1)C(=O)N[C@H](Cc1ccccc1)C(=O)N[C@@H](CCCN=C(N)N)C(=O)N[C@@H](Cc1c[nH]c2ccccc12)C(=O)N[C@@H](CS)C(=O)N[C@@H](CO)C(=O)N1CCC[C@H]1C(N)=O. The van der Waals surface area contributed by atoms with E-state index in [9.17, 15) is 63.0 Å². The molecule has 10 amide bonds. The third-order valence-electron chi connectivity index (χ3n) is 13.5. The van der Waals surface area contributed by atoms with Crippen LogP contribution in [0.3, 0.4) is 0 Å². The van der Waals surface area contributed by atoms with Gasteiger partial charge in [0, 0.05) is 86.2 Å². The molecule has 2 aromatic carbocycles. The highest BCUT2D eigenvalue weighted by Crippen LogP contribution is 2.21. The number of aliphatic hydroxyl groups is 1. The molecule has 2 aromatic heterocycles. The molecule has 31 heteroatoms. The van der Waals surface area contributed by atoms with Gasteiger partial charge in [0.25, 0.3) is 0 Å². The van der Waals surface area contributed by atoms with Gasteiger partial charge in [-0.15, -0.1) is 0 Å². The van der Waals surface area contributed by atoms with Crippen molar-refractivity contribution in [2.75, 3.05) is 31.2 Å². The number of amides is 10. The molecule has 3 heterocycles. The average Bonchev–Trinajstić information content (AvgIpc) is 4.30. The van der Waals surface area contributed by atoms with Crippen molar-refractivity contribution in [2.24, 2.45) is 22.2 Å². The number of hydrogen-bond donors (Lipinski definition) is 17. The third-order valence-corrected chi connectivity index (χ3v) is 14.2. The van der Waals surface area contributed by atoms with Crippen molar-refractivity contribution in [3.05, 3.63) is 90.1 Å². The number of fused-ring (bicyclic) bond motifs is 1. The lowest BCUT2D eigenvalue weighted by molar-refractivity contribution is -0.142. The highest BCUT2D eigenvalue weighted by atomic mass is 32.1. The molecule has 0 unspecified atom stereocenters. The second kappa shape index (κ2) is 32.8. The summed E-state index contributed by atoms with van der Waals surface area (Å²) in [5.41, 5.74) is 18.8. The van der Waals surface area contributed by atoms with E-state index in [0.717, 1.165) is 6.92 Å². The number of carbonyl (C=O) groups excluding carboxylic acids is 10. The van der Waals surface area contributed by atoms with Gasteiger partial charge in [0.15, 0.2) is 5.96 Å². The van der Waals surface area contributed by atoms with E-state index in [-0.39, 0.29) is 62.7 Å². The minimum absolute atomic E-state index is 0.0200. The number of imidazole rings is 1. The summed E-state index contributed by atoms with van der Waals surface area (Å²) < 4.78 is 0. The van der Waals surface area contributed by atoms with Crippen LogP contribution >= 0.6 is 25.3 Å². The zero-order valence-electron chi connectivity index (χ0n) is 45.9. The summed E-state index contributed by atoms with van der Waals surface area (Å²) in [5.74, 6) is -10.7. The fourth-order valence-electron chi connectivity index (χ4n) is 9.17. The van der Waals surface area contributed by atoms with Crippen molar-refractivity contribution >= 4 is 107 Å². The fraction of sp³-hybridized carbons (Fsp3) is 0.453.